The highest BCUT2D eigenvalue weighted by molar-refractivity contribution is 5.71. The van der Waals surface area contributed by atoms with Gasteiger partial charge in [0.05, 0.1) is 13.2 Å². The van der Waals surface area contributed by atoms with E-state index in [1.54, 1.807) is 0 Å². The molecule has 0 N–H and O–H groups in total. The summed E-state index contributed by atoms with van der Waals surface area (Å²) in [6, 6.07) is 0. The van der Waals surface area contributed by atoms with Crippen LogP contribution in [0.5, 0.6) is 0 Å². The Bertz CT molecular complexity index is 1320. The minimum atomic E-state index is -0.235. The Morgan fingerprint density at radius 3 is 0.819 bits per heavy atom. The lowest BCUT2D eigenvalue weighted by molar-refractivity contribution is -0.154. The van der Waals surface area contributed by atoms with Crippen LogP contribution in [0.25, 0.3) is 0 Å². The third kappa shape index (κ3) is 45.4. The molecule has 4 atom stereocenters. The number of hydrogen-bond donors (Lipinski definition) is 0. The first-order valence-corrected chi connectivity index (χ1v) is 30.1. The molecule has 0 radical (unpaired) electrons. The Labute approximate surface area is 440 Å². The van der Waals surface area contributed by atoms with E-state index in [0.717, 1.165) is 186 Å². The average Bonchev–Trinajstić information content (AvgIpc) is 3.35. The molecule has 0 saturated heterocycles. The van der Waals surface area contributed by atoms with Gasteiger partial charge in [-0.1, -0.05) is 151 Å². The van der Waals surface area contributed by atoms with Crippen LogP contribution in [0.1, 0.15) is 311 Å². The highest BCUT2D eigenvalue weighted by atomic mass is 16.6. The summed E-state index contributed by atoms with van der Waals surface area (Å²) in [5.74, 6) is -1.01. The molecular weight excluding hydrogens is 913 g/mol. The minimum absolute atomic E-state index is 0.115. The van der Waals surface area contributed by atoms with E-state index in [2.05, 4.69) is 34.6 Å². The zero-order valence-corrected chi connectivity index (χ0v) is 47.3. The van der Waals surface area contributed by atoms with E-state index in [1.807, 2.05) is 6.92 Å². The maximum absolute atomic E-state index is 12.6. The van der Waals surface area contributed by atoms with Crippen LogP contribution in [0.2, 0.25) is 0 Å². The standard InChI is InChI=1S/C60H110O12/c1-7-13-18-28-36-52(71-59(65)43-26-15-9-3)46-45-51(69-57(63)35-12-6)38-30-22-20-24-32-41-55(61)67-49-34-50-68-56(62)42-33-25-21-23-31-39-54(70-58(64)40-17-11-5)48-47-53(37-29-19-14-8-2)72-60(66)44-27-16-10-4/h51-54H,7-50H2,1-6H3. The summed E-state index contributed by atoms with van der Waals surface area (Å²) in [5, 5.41) is 0. The molecule has 0 aliphatic heterocycles. The third-order valence-electron chi connectivity index (χ3n) is 13.4. The fraction of sp³-hybridized carbons (Fsp3) is 0.900. The van der Waals surface area contributed by atoms with E-state index in [4.69, 9.17) is 28.4 Å². The number of carbonyl (C=O) groups is 6. The van der Waals surface area contributed by atoms with E-state index in [1.165, 1.54) is 12.8 Å². The van der Waals surface area contributed by atoms with Crippen molar-refractivity contribution in [1.82, 2.24) is 0 Å². The normalized spacial score (nSPS) is 12.9. The highest BCUT2D eigenvalue weighted by Crippen LogP contribution is 2.23. The Hall–Kier alpha value is -3.18. The van der Waals surface area contributed by atoms with Crippen molar-refractivity contribution in [1.29, 1.82) is 0 Å². The van der Waals surface area contributed by atoms with Crippen LogP contribution < -0.4 is 0 Å². The molecule has 0 bridgehead atoms. The van der Waals surface area contributed by atoms with Crippen molar-refractivity contribution in [3.8, 4) is 0 Å². The maximum atomic E-state index is 12.6. The molecule has 0 spiro atoms. The Balaban J connectivity index is 4.46. The molecule has 0 saturated carbocycles. The lowest BCUT2D eigenvalue weighted by atomic mass is 9.99. The summed E-state index contributed by atoms with van der Waals surface area (Å²) < 4.78 is 34.5. The summed E-state index contributed by atoms with van der Waals surface area (Å²) in [4.78, 5) is 75.0. The van der Waals surface area contributed by atoms with Crippen LogP contribution in [0, 0.1) is 0 Å². The van der Waals surface area contributed by atoms with Crippen molar-refractivity contribution in [3.05, 3.63) is 0 Å². The van der Waals surface area contributed by atoms with Crippen molar-refractivity contribution in [2.75, 3.05) is 13.2 Å². The first kappa shape index (κ1) is 68.8. The molecule has 0 rings (SSSR count). The lowest BCUT2D eigenvalue weighted by Crippen LogP contribution is -2.23. The fourth-order valence-corrected chi connectivity index (χ4v) is 8.85. The quantitative estimate of drug-likeness (QED) is 0.0323. The van der Waals surface area contributed by atoms with Gasteiger partial charge in [0.15, 0.2) is 0 Å². The van der Waals surface area contributed by atoms with Gasteiger partial charge in [-0.25, -0.2) is 0 Å². The van der Waals surface area contributed by atoms with Crippen LogP contribution in [0.15, 0.2) is 0 Å². The molecule has 0 aliphatic rings. The molecule has 0 fully saturated rings. The van der Waals surface area contributed by atoms with Gasteiger partial charge in [0.25, 0.3) is 0 Å². The second-order valence-electron chi connectivity index (χ2n) is 20.5. The zero-order valence-electron chi connectivity index (χ0n) is 47.3. The highest BCUT2D eigenvalue weighted by Gasteiger charge is 2.22. The summed E-state index contributed by atoms with van der Waals surface area (Å²) >= 11 is 0. The van der Waals surface area contributed by atoms with Crippen LogP contribution >= 0.6 is 0 Å². The smallest absolute Gasteiger partial charge is 0.306 e. The molecule has 0 aromatic rings. The zero-order chi connectivity index (χ0) is 53.1. The Morgan fingerprint density at radius 1 is 0.236 bits per heavy atom. The van der Waals surface area contributed by atoms with Gasteiger partial charge in [0, 0.05) is 44.9 Å². The van der Waals surface area contributed by atoms with Gasteiger partial charge in [0.1, 0.15) is 24.4 Å². The molecule has 0 heterocycles. The molecule has 12 heteroatoms. The van der Waals surface area contributed by atoms with Gasteiger partial charge >= 0.3 is 35.8 Å². The second-order valence-corrected chi connectivity index (χ2v) is 20.5. The topological polar surface area (TPSA) is 158 Å². The third-order valence-corrected chi connectivity index (χ3v) is 13.4. The SMILES string of the molecule is CCCCCCC(CCC(CCCCCCCC(=O)OCCCOC(=O)CCCCCCCC(CCC(CCCCCC)OC(=O)CCCCC)OC(=O)CCCC)OC(=O)CCC)OC(=O)CCCCC. The van der Waals surface area contributed by atoms with E-state index in [9.17, 15) is 28.8 Å². The van der Waals surface area contributed by atoms with Gasteiger partial charge in [-0.15, -0.1) is 0 Å². The van der Waals surface area contributed by atoms with E-state index in [-0.39, 0.29) is 73.4 Å². The van der Waals surface area contributed by atoms with Gasteiger partial charge < -0.3 is 28.4 Å². The van der Waals surface area contributed by atoms with Crippen molar-refractivity contribution in [2.24, 2.45) is 0 Å². The molecule has 12 nitrogen and oxygen atoms in total. The summed E-state index contributed by atoms with van der Waals surface area (Å²) in [6.07, 6.45) is 34.8. The number of esters is 6. The molecule has 4 unspecified atom stereocenters. The van der Waals surface area contributed by atoms with Crippen LogP contribution in [0.3, 0.4) is 0 Å². The number of carbonyl (C=O) groups excluding carboxylic acids is 6. The second kappa shape index (κ2) is 51.3. The van der Waals surface area contributed by atoms with E-state index in [0.29, 0.717) is 70.6 Å². The predicted molar refractivity (Wildman–Crippen MR) is 289 cm³/mol. The number of rotatable bonds is 53. The largest absolute Gasteiger partial charge is 0.466 e. The molecule has 0 amide bonds. The van der Waals surface area contributed by atoms with Crippen LogP contribution in [0.4, 0.5) is 0 Å². The van der Waals surface area contributed by atoms with Gasteiger partial charge in [0.2, 0.25) is 0 Å². The number of ether oxygens (including phenoxy) is 6. The lowest BCUT2D eigenvalue weighted by Gasteiger charge is -2.22. The molecule has 0 aliphatic carbocycles. The van der Waals surface area contributed by atoms with Gasteiger partial charge in [-0.05, 0) is 116 Å². The van der Waals surface area contributed by atoms with Crippen LogP contribution in [-0.4, -0.2) is 73.4 Å². The van der Waals surface area contributed by atoms with Crippen molar-refractivity contribution in [2.45, 2.75) is 336 Å². The average molecular weight is 1020 g/mol. The molecule has 0 aromatic heterocycles. The van der Waals surface area contributed by atoms with Gasteiger partial charge in [-0.2, -0.15) is 0 Å². The first-order valence-electron chi connectivity index (χ1n) is 30.1. The number of hydrogen-bond acceptors (Lipinski definition) is 12. The molecular formula is C60H110O12. The van der Waals surface area contributed by atoms with Gasteiger partial charge in [-0.3, -0.25) is 28.8 Å². The van der Waals surface area contributed by atoms with Crippen molar-refractivity contribution in [3.63, 3.8) is 0 Å². The first-order chi connectivity index (χ1) is 35.0. The van der Waals surface area contributed by atoms with E-state index < -0.39 is 0 Å². The molecule has 422 valence electrons. The summed E-state index contributed by atoms with van der Waals surface area (Å²) in [5.41, 5.74) is 0. The Morgan fingerprint density at radius 2 is 0.486 bits per heavy atom. The van der Waals surface area contributed by atoms with Crippen molar-refractivity contribution < 1.29 is 57.2 Å². The molecule has 72 heavy (non-hydrogen) atoms. The molecule has 0 aromatic carbocycles. The summed E-state index contributed by atoms with van der Waals surface area (Å²) in [7, 11) is 0. The monoisotopic (exact) mass is 1020 g/mol. The predicted octanol–water partition coefficient (Wildman–Crippen LogP) is 16.2. The van der Waals surface area contributed by atoms with Crippen molar-refractivity contribution >= 4 is 35.8 Å². The Kier molecular flexibility index (Phi) is 49.0. The fourth-order valence-electron chi connectivity index (χ4n) is 8.85. The van der Waals surface area contributed by atoms with Crippen LogP contribution in [-0.2, 0) is 57.2 Å². The maximum Gasteiger partial charge on any atom is 0.306 e. The van der Waals surface area contributed by atoms with E-state index >= 15 is 0 Å². The number of unbranched alkanes of at least 4 members (excludes halogenated alkanes) is 19. The summed E-state index contributed by atoms with van der Waals surface area (Å²) in [6.45, 7) is 13.1. The minimum Gasteiger partial charge on any atom is -0.466 e.